The normalized spacial score (nSPS) is 34.3. The van der Waals surface area contributed by atoms with E-state index in [1.165, 1.54) is 0 Å². The molecule has 8 atom stereocenters. The van der Waals surface area contributed by atoms with Crippen LogP contribution in [-0.2, 0) is 14.4 Å². The molecule has 0 aromatic rings. The van der Waals surface area contributed by atoms with Gasteiger partial charge in [0.1, 0.15) is 6.04 Å². The van der Waals surface area contributed by atoms with Crippen LogP contribution in [0.3, 0.4) is 0 Å². The number of aliphatic hydroxyl groups excluding tert-OH is 1. The first-order valence-electron chi connectivity index (χ1n) is 13.0. The number of carbonyl (C=O) groups is 3. The molecule has 3 N–H and O–H groups in total. The number of thioether (sulfide) groups is 1. The van der Waals surface area contributed by atoms with E-state index in [-0.39, 0.29) is 41.4 Å². The second-order valence-corrected chi connectivity index (χ2v) is 11.8. The fourth-order valence-electron chi connectivity index (χ4n) is 6.28. The maximum Gasteiger partial charge on any atom is 0.244 e. The highest BCUT2D eigenvalue weighted by atomic mass is 32.2. The summed E-state index contributed by atoms with van der Waals surface area (Å²) in [6.07, 6.45) is 5.48. The van der Waals surface area contributed by atoms with E-state index in [1.807, 2.05) is 20.8 Å². The number of likely N-dealkylation sites (tertiary alicyclic amines) is 1. The Morgan fingerprint density at radius 2 is 1.85 bits per heavy atom. The number of nitrogens with one attached hydrogen (secondary N) is 2. The summed E-state index contributed by atoms with van der Waals surface area (Å²) in [5, 5.41) is 16.5. The Labute approximate surface area is 203 Å². The van der Waals surface area contributed by atoms with Crippen molar-refractivity contribution in [2.75, 3.05) is 19.7 Å². The van der Waals surface area contributed by atoms with E-state index < -0.39 is 28.7 Å². The first-order valence-corrected chi connectivity index (χ1v) is 13.8. The Bertz CT molecular complexity index is 734. The zero-order valence-corrected chi connectivity index (χ0v) is 21.7. The average molecular weight is 482 g/mol. The Balaban J connectivity index is 2.00. The Hall–Kier alpha value is -1.28. The highest BCUT2D eigenvalue weighted by Crippen LogP contribution is 2.68. The van der Waals surface area contributed by atoms with Crippen LogP contribution in [0.5, 0.6) is 0 Å². The van der Waals surface area contributed by atoms with E-state index in [0.717, 1.165) is 38.5 Å². The van der Waals surface area contributed by atoms with Crippen LogP contribution in [0.2, 0.25) is 0 Å². The number of aliphatic hydroxyl groups is 1. The van der Waals surface area contributed by atoms with E-state index in [2.05, 4.69) is 24.5 Å². The van der Waals surface area contributed by atoms with Gasteiger partial charge >= 0.3 is 0 Å². The molecule has 0 aliphatic carbocycles. The summed E-state index contributed by atoms with van der Waals surface area (Å²) in [5.41, 5.74) is 0. The van der Waals surface area contributed by atoms with Crippen molar-refractivity contribution in [1.29, 1.82) is 0 Å². The number of hydrogen-bond acceptors (Lipinski definition) is 5. The highest BCUT2D eigenvalue weighted by molar-refractivity contribution is 8.02. The minimum absolute atomic E-state index is 0.0504. The topological polar surface area (TPSA) is 98.7 Å². The van der Waals surface area contributed by atoms with Crippen molar-refractivity contribution in [3.05, 3.63) is 0 Å². The van der Waals surface area contributed by atoms with Crippen LogP contribution in [0, 0.1) is 23.7 Å². The molecule has 3 amide bonds. The van der Waals surface area contributed by atoms with Gasteiger partial charge in [0.25, 0.3) is 0 Å². The van der Waals surface area contributed by atoms with Crippen molar-refractivity contribution in [3.63, 3.8) is 0 Å². The van der Waals surface area contributed by atoms with Crippen LogP contribution in [0.1, 0.15) is 73.1 Å². The third-order valence-corrected chi connectivity index (χ3v) is 10.3. The monoisotopic (exact) mass is 481 g/mol. The number of amides is 3. The SMILES string of the molecule is CCCCCNC(=O)C1N([C@@H](CO)[C@@H](C)CC)C(=O)[C@@H]2[C@H](C(=O)NCCC)[C@@H]3CC(C)C12S3. The van der Waals surface area contributed by atoms with Crippen LogP contribution in [0.15, 0.2) is 0 Å². The molecule has 1 spiro atoms. The Morgan fingerprint density at radius 3 is 2.45 bits per heavy atom. The van der Waals surface area contributed by atoms with E-state index in [4.69, 9.17) is 0 Å². The molecule has 3 saturated heterocycles. The lowest BCUT2D eigenvalue weighted by atomic mass is 9.66. The molecule has 0 saturated carbocycles. The Kier molecular flexibility index (Phi) is 8.76. The van der Waals surface area contributed by atoms with Crippen LogP contribution in [0.4, 0.5) is 0 Å². The number of hydrogen-bond donors (Lipinski definition) is 3. The fourth-order valence-corrected chi connectivity index (χ4v) is 8.69. The standard InChI is InChI=1S/C25H43N3O4S/c1-6-9-10-12-27-23(31)21-25-16(5)13-18(33-25)19(22(30)26-11-7-2)20(25)24(32)28(21)17(14-29)15(4)8-3/h15-21,29H,6-14H2,1-5H3,(H,26,30)(H,27,31)/t15-,16?,17-,18-,19+,20-,21?,25?/m0/s1. The molecular formula is C25H43N3O4S. The van der Waals surface area contributed by atoms with E-state index in [0.29, 0.717) is 13.1 Å². The molecule has 3 fully saturated rings. The van der Waals surface area contributed by atoms with E-state index in [1.54, 1.807) is 16.7 Å². The lowest BCUT2D eigenvalue weighted by molar-refractivity contribution is -0.144. The smallest absolute Gasteiger partial charge is 0.244 e. The van der Waals surface area contributed by atoms with Crippen molar-refractivity contribution in [3.8, 4) is 0 Å². The molecule has 8 heteroatoms. The molecule has 0 radical (unpaired) electrons. The van der Waals surface area contributed by atoms with Crippen molar-refractivity contribution >= 4 is 29.5 Å². The number of fused-ring (bicyclic) bond motifs is 1. The summed E-state index contributed by atoms with van der Waals surface area (Å²) < 4.78 is -0.619. The quantitative estimate of drug-likeness (QED) is 0.372. The van der Waals surface area contributed by atoms with Gasteiger partial charge in [-0.25, -0.2) is 0 Å². The van der Waals surface area contributed by atoms with Crippen molar-refractivity contribution in [1.82, 2.24) is 15.5 Å². The summed E-state index contributed by atoms with van der Waals surface area (Å²) in [6, 6.07) is -1.09. The van der Waals surface area contributed by atoms with Crippen molar-refractivity contribution < 1.29 is 19.5 Å². The molecule has 0 aromatic carbocycles. The van der Waals surface area contributed by atoms with Crippen LogP contribution in [0.25, 0.3) is 0 Å². The maximum absolute atomic E-state index is 14.1. The van der Waals surface area contributed by atoms with Gasteiger partial charge in [-0.05, 0) is 31.1 Å². The summed E-state index contributed by atoms with van der Waals surface area (Å²) in [5.74, 6) is -1.05. The predicted octanol–water partition coefficient (Wildman–Crippen LogP) is 2.56. The van der Waals surface area contributed by atoms with Gasteiger partial charge in [0, 0.05) is 18.3 Å². The number of unbranched alkanes of at least 4 members (excludes halogenated alkanes) is 2. The minimum Gasteiger partial charge on any atom is -0.394 e. The molecule has 3 unspecified atom stereocenters. The second kappa shape index (κ2) is 11.0. The summed E-state index contributed by atoms with van der Waals surface area (Å²) in [6.45, 7) is 11.3. The number of rotatable bonds is 12. The molecule has 33 heavy (non-hydrogen) atoms. The average Bonchev–Trinajstić information content (AvgIpc) is 3.39. The first kappa shape index (κ1) is 26.3. The molecule has 3 heterocycles. The lowest BCUT2D eigenvalue weighted by Crippen LogP contribution is -2.59. The van der Waals surface area contributed by atoms with Gasteiger partial charge in [-0.1, -0.05) is 53.9 Å². The van der Waals surface area contributed by atoms with Gasteiger partial charge in [0.15, 0.2) is 0 Å². The molecule has 0 aromatic heterocycles. The van der Waals surface area contributed by atoms with Gasteiger partial charge in [0.2, 0.25) is 17.7 Å². The van der Waals surface area contributed by atoms with E-state index >= 15 is 0 Å². The van der Waals surface area contributed by atoms with Crippen molar-refractivity contribution in [2.45, 2.75) is 95.2 Å². The highest BCUT2D eigenvalue weighted by Gasteiger charge is 2.76. The van der Waals surface area contributed by atoms with E-state index in [9.17, 15) is 19.5 Å². The van der Waals surface area contributed by atoms with Gasteiger partial charge < -0.3 is 20.6 Å². The van der Waals surface area contributed by atoms with Gasteiger partial charge in [0.05, 0.1) is 29.2 Å². The number of carbonyl (C=O) groups excluding carboxylic acids is 3. The molecule has 2 bridgehead atoms. The fraction of sp³-hybridized carbons (Fsp3) is 0.880. The number of nitrogens with zero attached hydrogens (tertiary/aromatic N) is 1. The molecule has 3 aliphatic rings. The molecule has 3 rings (SSSR count). The summed E-state index contributed by atoms with van der Waals surface area (Å²) >= 11 is 1.70. The molecular weight excluding hydrogens is 438 g/mol. The molecule has 7 nitrogen and oxygen atoms in total. The molecule has 188 valence electrons. The molecule has 3 aliphatic heterocycles. The third-order valence-electron chi connectivity index (χ3n) is 8.21. The summed E-state index contributed by atoms with van der Waals surface area (Å²) in [4.78, 5) is 42.7. The van der Waals surface area contributed by atoms with Crippen LogP contribution >= 0.6 is 11.8 Å². The van der Waals surface area contributed by atoms with Crippen LogP contribution < -0.4 is 10.6 Å². The summed E-state index contributed by atoms with van der Waals surface area (Å²) in [7, 11) is 0. The first-order chi connectivity index (χ1) is 15.8. The third kappa shape index (κ3) is 4.42. The zero-order valence-electron chi connectivity index (χ0n) is 20.9. The van der Waals surface area contributed by atoms with Gasteiger partial charge in [-0.3, -0.25) is 14.4 Å². The van der Waals surface area contributed by atoms with Crippen molar-refractivity contribution in [2.24, 2.45) is 23.7 Å². The second-order valence-electron chi connectivity index (χ2n) is 10.2. The lowest BCUT2D eigenvalue weighted by Gasteiger charge is -2.41. The zero-order chi connectivity index (χ0) is 24.3. The Morgan fingerprint density at radius 1 is 1.15 bits per heavy atom. The van der Waals surface area contributed by atoms with Gasteiger partial charge in [-0.15, -0.1) is 11.8 Å². The maximum atomic E-state index is 14.1. The predicted molar refractivity (Wildman–Crippen MR) is 132 cm³/mol. The minimum atomic E-state index is -0.656. The van der Waals surface area contributed by atoms with Crippen LogP contribution in [-0.4, -0.2) is 69.5 Å². The van der Waals surface area contributed by atoms with Gasteiger partial charge in [-0.2, -0.15) is 0 Å². The largest absolute Gasteiger partial charge is 0.394 e.